The highest BCUT2D eigenvalue weighted by Crippen LogP contribution is 2.12. The van der Waals surface area contributed by atoms with Crippen LogP contribution < -0.4 is 10.1 Å². The molecule has 0 spiro atoms. The van der Waals surface area contributed by atoms with Crippen LogP contribution in [0.5, 0.6) is 5.88 Å². The second-order valence-electron chi connectivity index (χ2n) is 3.97. The SMILES string of the molecule is COc1ncccc1CNCc1cn(CCO)nn1. The van der Waals surface area contributed by atoms with Crippen molar-refractivity contribution in [2.24, 2.45) is 0 Å². The van der Waals surface area contributed by atoms with Gasteiger partial charge in [0.25, 0.3) is 0 Å². The van der Waals surface area contributed by atoms with Gasteiger partial charge >= 0.3 is 0 Å². The number of pyridine rings is 1. The molecule has 0 aliphatic heterocycles. The van der Waals surface area contributed by atoms with Crippen LogP contribution in [0.2, 0.25) is 0 Å². The molecule has 102 valence electrons. The van der Waals surface area contributed by atoms with Gasteiger partial charge in [0.05, 0.1) is 26.0 Å². The lowest BCUT2D eigenvalue weighted by molar-refractivity contribution is 0.268. The number of ether oxygens (including phenoxy) is 1. The molecule has 0 saturated heterocycles. The van der Waals surface area contributed by atoms with Crippen molar-refractivity contribution in [3.05, 3.63) is 35.8 Å². The number of aliphatic hydroxyl groups is 1. The molecule has 0 atom stereocenters. The summed E-state index contributed by atoms with van der Waals surface area (Å²) in [6, 6.07) is 3.83. The Balaban J connectivity index is 1.85. The van der Waals surface area contributed by atoms with Crippen LogP contribution >= 0.6 is 0 Å². The molecule has 0 bridgehead atoms. The predicted octanol–water partition coefficient (Wildman–Crippen LogP) is -0.0362. The van der Waals surface area contributed by atoms with Crippen LogP contribution in [0, 0.1) is 0 Å². The highest BCUT2D eigenvalue weighted by Gasteiger charge is 2.04. The number of hydrogen-bond acceptors (Lipinski definition) is 6. The van der Waals surface area contributed by atoms with Gasteiger partial charge in [-0.25, -0.2) is 9.67 Å². The van der Waals surface area contributed by atoms with E-state index in [1.165, 1.54) is 0 Å². The summed E-state index contributed by atoms with van der Waals surface area (Å²) >= 11 is 0. The number of methoxy groups -OCH3 is 1. The molecule has 0 radical (unpaired) electrons. The van der Waals surface area contributed by atoms with E-state index in [1.807, 2.05) is 18.3 Å². The minimum atomic E-state index is 0.0586. The number of aromatic nitrogens is 4. The summed E-state index contributed by atoms with van der Waals surface area (Å²) in [6.07, 6.45) is 3.51. The molecule has 2 heterocycles. The summed E-state index contributed by atoms with van der Waals surface area (Å²) in [5, 5.41) is 19.9. The summed E-state index contributed by atoms with van der Waals surface area (Å²) in [6.45, 7) is 1.76. The standard InChI is InChI=1S/C12H17N5O2/c1-19-12-10(3-2-4-14-12)7-13-8-11-9-17(5-6-18)16-15-11/h2-4,9,13,18H,5-8H2,1H3. The zero-order chi connectivity index (χ0) is 13.5. The summed E-state index contributed by atoms with van der Waals surface area (Å²) < 4.78 is 6.79. The van der Waals surface area contributed by atoms with E-state index in [9.17, 15) is 0 Å². The second-order valence-corrected chi connectivity index (χ2v) is 3.97. The Labute approximate surface area is 111 Å². The van der Waals surface area contributed by atoms with E-state index in [-0.39, 0.29) is 6.61 Å². The van der Waals surface area contributed by atoms with Crippen molar-refractivity contribution >= 4 is 0 Å². The first kappa shape index (κ1) is 13.4. The maximum absolute atomic E-state index is 8.79. The summed E-state index contributed by atoms with van der Waals surface area (Å²) in [5.41, 5.74) is 1.82. The number of hydrogen-bond donors (Lipinski definition) is 2. The topological polar surface area (TPSA) is 85.1 Å². The maximum atomic E-state index is 8.79. The third kappa shape index (κ3) is 3.73. The molecule has 0 aliphatic carbocycles. The predicted molar refractivity (Wildman–Crippen MR) is 68.4 cm³/mol. The molecule has 0 aromatic carbocycles. The molecule has 7 heteroatoms. The smallest absolute Gasteiger partial charge is 0.217 e. The van der Waals surface area contributed by atoms with Gasteiger partial charge in [-0.1, -0.05) is 11.3 Å². The normalized spacial score (nSPS) is 10.6. The fourth-order valence-electron chi connectivity index (χ4n) is 1.70. The van der Waals surface area contributed by atoms with Gasteiger partial charge in [0.1, 0.15) is 0 Å². The molecule has 0 aliphatic rings. The monoisotopic (exact) mass is 263 g/mol. The first-order valence-electron chi connectivity index (χ1n) is 6.02. The van der Waals surface area contributed by atoms with Crippen LogP contribution in [0.15, 0.2) is 24.5 Å². The van der Waals surface area contributed by atoms with Crippen molar-refractivity contribution in [1.82, 2.24) is 25.3 Å². The third-order valence-corrected chi connectivity index (χ3v) is 2.58. The number of rotatable bonds is 7. The highest BCUT2D eigenvalue weighted by molar-refractivity contribution is 5.25. The van der Waals surface area contributed by atoms with Gasteiger partial charge in [0, 0.05) is 31.0 Å². The first-order valence-corrected chi connectivity index (χ1v) is 6.02. The van der Waals surface area contributed by atoms with Crippen molar-refractivity contribution in [2.45, 2.75) is 19.6 Å². The summed E-state index contributed by atoms with van der Waals surface area (Å²) in [5.74, 6) is 0.624. The van der Waals surface area contributed by atoms with Crippen molar-refractivity contribution in [3.8, 4) is 5.88 Å². The number of nitrogens with one attached hydrogen (secondary N) is 1. The second kappa shape index (κ2) is 6.81. The van der Waals surface area contributed by atoms with E-state index in [0.29, 0.717) is 25.5 Å². The minimum absolute atomic E-state index is 0.0586. The molecule has 0 fully saturated rings. The molecule has 2 N–H and O–H groups in total. The first-order chi connectivity index (χ1) is 9.33. The van der Waals surface area contributed by atoms with Gasteiger partial charge in [-0.15, -0.1) is 5.10 Å². The Bertz CT molecular complexity index is 514. The average molecular weight is 263 g/mol. The van der Waals surface area contributed by atoms with E-state index in [4.69, 9.17) is 9.84 Å². The molecule has 0 unspecified atom stereocenters. The van der Waals surface area contributed by atoms with E-state index in [2.05, 4.69) is 20.6 Å². The lowest BCUT2D eigenvalue weighted by atomic mass is 10.2. The van der Waals surface area contributed by atoms with Crippen LogP contribution in [-0.2, 0) is 19.6 Å². The van der Waals surface area contributed by atoms with Gasteiger partial charge < -0.3 is 15.2 Å². The largest absolute Gasteiger partial charge is 0.481 e. The highest BCUT2D eigenvalue weighted by atomic mass is 16.5. The van der Waals surface area contributed by atoms with E-state index in [0.717, 1.165) is 11.3 Å². The number of nitrogens with zero attached hydrogens (tertiary/aromatic N) is 4. The molecular weight excluding hydrogens is 246 g/mol. The Morgan fingerprint density at radius 1 is 1.42 bits per heavy atom. The van der Waals surface area contributed by atoms with E-state index < -0.39 is 0 Å². The molecule has 19 heavy (non-hydrogen) atoms. The fraction of sp³-hybridized carbons (Fsp3) is 0.417. The zero-order valence-electron chi connectivity index (χ0n) is 10.8. The van der Waals surface area contributed by atoms with E-state index in [1.54, 1.807) is 18.0 Å². The van der Waals surface area contributed by atoms with Gasteiger partial charge in [-0.05, 0) is 6.07 Å². The van der Waals surface area contributed by atoms with Gasteiger partial charge in [-0.3, -0.25) is 0 Å². The van der Waals surface area contributed by atoms with Crippen molar-refractivity contribution in [2.75, 3.05) is 13.7 Å². The van der Waals surface area contributed by atoms with Crippen LogP contribution in [0.3, 0.4) is 0 Å². The van der Waals surface area contributed by atoms with Gasteiger partial charge in [0.2, 0.25) is 5.88 Å². The van der Waals surface area contributed by atoms with E-state index >= 15 is 0 Å². The average Bonchev–Trinajstić information content (AvgIpc) is 2.87. The van der Waals surface area contributed by atoms with Crippen molar-refractivity contribution < 1.29 is 9.84 Å². The summed E-state index contributed by atoms with van der Waals surface area (Å²) in [7, 11) is 1.60. The van der Waals surface area contributed by atoms with Crippen LogP contribution in [0.1, 0.15) is 11.3 Å². The maximum Gasteiger partial charge on any atom is 0.217 e. The molecular formula is C12H17N5O2. The third-order valence-electron chi connectivity index (χ3n) is 2.58. The molecule has 0 saturated carbocycles. The van der Waals surface area contributed by atoms with Crippen LogP contribution in [0.25, 0.3) is 0 Å². The van der Waals surface area contributed by atoms with Crippen molar-refractivity contribution in [3.63, 3.8) is 0 Å². The Morgan fingerprint density at radius 3 is 3.11 bits per heavy atom. The minimum Gasteiger partial charge on any atom is -0.481 e. The zero-order valence-corrected chi connectivity index (χ0v) is 10.8. The lowest BCUT2D eigenvalue weighted by Gasteiger charge is -2.07. The quantitative estimate of drug-likeness (QED) is 0.729. The fourth-order valence-corrected chi connectivity index (χ4v) is 1.70. The van der Waals surface area contributed by atoms with Crippen molar-refractivity contribution in [1.29, 1.82) is 0 Å². The van der Waals surface area contributed by atoms with Gasteiger partial charge in [0.15, 0.2) is 0 Å². The molecule has 7 nitrogen and oxygen atoms in total. The lowest BCUT2D eigenvalue weighted by Crippen LogP contribution is -2.14. The Morgan fingerprint density at radius 2 is 2.32 bits per heavy atom. The Kier molecular flexibility index (Phi) is 4.82. The molecule has 0 amide bonds. The molecule has 2 rings (SSSR count). The Hall–Kier alpha value is -1.99. The molecule has 2 aromatic rings. The summed E-state index contributed by atoms with van der Waals surface area (Å²) in [4.78, 5) is 4.13. The number of aliphatic hydroxyl groups excluding tert-OH is 1. The van der Waals surface area contributed by atoms with Crippen LogP contribution in [0.4, 0.5) is 0 Å². The van der Waals surface area contributed by atoms with Crippen LogP contribution in [-0.4, -0.2) is 38.8 Å². The van der Waals surface area contributed by atoms with Gasteiger partial charge in [-0.2, -0.15) is 0 Å². The molecule has 2 aromatic heterocycles.